The SMILES string of the molecule is CCOC(=O)/C=C\SC1=NCCS1. The molecule has 13 heavy (non-hydrogen) atoms. The molecule has 0 aromatic rings. The van der Waals surface area contributed by atoms with Gasteiger partial charge in [-0.1, -0.05) is 23.5 Å². The molecule has 0 bridgehead atoms. The Bertz CT molecular complexity index is 238. The summed E-state index contributed by atoms with van der Waals surface area (Å²) in [6.07, 6.45) is 1.43. The molecule has 0 saturated heterocycles. The van der Waals surface area contributed by atoms with Crippen LogP contribution in [-0.2, 0) is 9.53 Å². The van der Waals surface area contributed by atoms with Gasteiger partial charge in [0.05, 0.1) is 13.2 Å². The Balaban J connectivity index is 2.20. The van der Waals surface area contributed by atoms with Gasteiger partial charge in [0, 0.05) is 11.8 Å². The minimum absolute atomic E-state index is 0.293. The maximum atomic E-state index is 10.8. The van der Waals surface area contributed by atoms with E-state index in [-0.39, 0.29) is 5.97 Å². The lowest BCUT2D eigenvalue weighted by Gasteiger charge is -1.94. The van der Waals surface area contributed by atoms with Gasteiger partial charge in [-0.15, -0.1) is 0 Å². The topological polar surface area (TPSA) is 38.7 Å². The van der Waals surface area contributed by atoms with Gasteiger partial charge in [0.25, 0.3) is 0 Å². The van der Waals surface area contributed by atoms with E-state index in [1.165, 1.54) is 17.8 Å². The van der Waals surface area contributed by atoms with Crippen LogP contribution in [0.25, 0.3) is 0 Å². The molecular weight excluding hydrogens is 206 g/mol. The van der Waals surface area contributed by atoms with Gasteiger partial charge in [0.15, 0.2) is 0 Å². The van der Waals surface area contributed by atoms with Crippen LogP contribution in [0.1, 0.15) is 6.92 Å². The normalized spacial score (nSPS) is 16.2. The average Bonchev–Trinajstić information content (AvgIpc) is 2.57. The molecule has 3 nitrogen and oxygen atoms in total. The van der Waals surface area contributed by atoms with Crippen LogP contribution in [0.2, 0.25) is 0 Å². The van der Waals surface area contributed by atoms with Crippen molar-refractivity contribution < 1.29 is 9.53 Å². The number of hydrogen-bond acceptors (Lipinski definition) is 5. The summed E-state index contributed by atoms with van der Waals surface area (Å²) in [4.78, 5) is 15.1. The fourth-order valence-electron chi connectivity index (χ4n) is 0.725. The lowest BCUT2D eigenvalue weighted by Crippen LogP contribution is -1.98. The summed E-state index contributed by atoms with van der Waals surface area (Å²) >= 11 is 3.19. The van der Waals surface area contributed by atoms with E-state index in [0.717, 1.165) is 16.7 Å². The van der Waals surface area contributed by atoms with Crippen LogP contribution in [0, 0.1) is 0 Å². The summed E-state index contributed by atoms with van der Waals surface area (Å²) in [5.41, 5.74) is 0. The largest absolute Gasteiger partial charge is 0.463 e. The molecule has 1 aliphatic heterocycles. The Hall–Kier alpha value is -0.420. The van der Waals surface area contributed by atoms with Crippen LogP contribution in [0.3, 0.4) is 0 Å². The van der Waals surface area contributed by atoms with Gasteiger partial charge in [-0.2, -0.15) is 0 Å². The average molecular weight is 217 g/mol. The number of hydrogen-bond donors (Lipinski definition) is 0. The molecule has 0 aliphatic carbocycles. The van der Waals surface area contributed by atoms with E-state index in [4.69, 9.17) is 4.74 Å². The minimum atomic E-state index is -0.293. The highest BCUT2D eigenvalue weighted by atomic mass is 32.2. The lowest BCUT2D eigenvalue weighted by molar-refractivity contribution is -0.137. The number of nitrogens with zero attached hydrogens (tertiary/aromatic N) is 1. The first-order valence-electron chi connectivity index (χ1n) is 4.00. The molecule has 0 atom stereocenters. The Morgan fingerprint density at radius 2 is 2.69 bits per heavy atom. The van der Waals surface area contributed by atoms with Gasteiger partial charge in [0.2, 0.25) is 0 Å². The molecule has 0 N–H and O–H groups in total. The number of ether oxygens (including phenoxy) is 1. The van der Waals surface area contributed by atoms with E-state index >= 15 is 0 Å². The molecule has 0 unspecified atom stereocenters. The molecule has 5 heteroatoms. The lowest BCUT2D eigenvalue weighted by atomic mass is 10.6. The minimum Gasteiger partial charge on any atom is -0.463 e. The fraction of sp³-hybridized carbons (Fsp3) is 0.500. The second kappa shape index (κ2) is 6.10. The number of aliphatic imine (C=N–C) groups is 1. The second-order valence-electron chi connectivity index (χ2n) is 2.17. The quantitative estimate of drug-likeness (QED) is 0.534. The van der Waals surface area contributed by atoms with Gasteiger partial charge in [-0.3, -0.25) is 4.99 Å². The van der Waals surface area contributed by atoms with Crippen LogP contribution in [0.4, 0.5) is 0 Å². The zero-order valence-electron chi connectivity index (χ0n) is 7.36. The van der Waals surface area contributed by atoms with E-state index in [9.17, 15) is 4.79 Å². The molecule has 1 rings (SSSR count). The molecule has 0 aromatic heterocycles. The highest BCUT2D eigenvalue weighted by Gasteiger charge is 2.05. The molecular formula is C8H11NO2S2. The van der Waals surface area contributed by atoms with Crippen molar-refractivity contribution in [2.75, 3.05) is 18.9 Å². The summed E-state index contributed by atoms with van der Waals surface area (Å²) in [5, 5.41) is 1.72. The van der Waals surface area contributed by atoms with E-state index in [2.05, 4.69) is 4.99 Å². The predicted octanol–water partition coefficient (Wildman–Crippen LogP) is 1.90. The molecule has 0 radical (unpaired) electrons. The zero-order chi connectivity index (χ0) is 9.52. The summed E-state index contributed by atoms with van der Waals surface area (Å²) < 4.78 is 5.75. The second-order valence-corrected chi connectivity index (χ2v) is 4.41. The van der Waals surface area contributed by atoms with E-state index < -0.39 is 0 Å². The maximum absolute atomic E-state index is 10.8. The number of rotatable bonds is 3. The molecule has 1 heterocycles. The van der Waals surface area contributed by atoms with Crippen molar-refractivity contribution in [3.8, 4) is 0 Å². The number of esters is 1. The van der Waals surface area contributed by atoms with Gasteiger partial charge in [-0.05, 0) is 12.3 Å². The molecule has 0 aromatic carbocycles. The van der Waals surface area contributed by atoms with Crippen LogP contribution in [0.5, 0.6) is 0 Å². The van der Waals surface area contributed by atoms with Crippen molar-refractivity contribution >= 4 is 33.9 Å². The van der Waals surface area contributed by atoms with Crippen molar-refractivity contribution in [2.45, 2.75) is 6.92 Å². The third kappa shape index (κ3) is 4.38. The highest BCUT2D eigenvalue weighted by Crippen LogP contribution is 2.22. The molecule has 0 saturated carbocycles. The number of carbonyl (C=O) groups is 1. The van der Waals surface area contributed by atoms with Crippen molar-refractivity contribution in [1.82, 2.24) is 0 Å². The first-order valence-corrected chi connectivity index (χ1v) is 5.86. The molecule has 0 amide bonds. The van der Waals surface area contributed by atoms with E-state index in [1.807, 2.05) is 0 Å². The standard InChI is InChI=1S/C8H11NO2S2/c1-2-11-7(10)3-5-12-8-9-4-6-13-8/h3,5H,2,4,6H2,1H3/b5-3-. The van der Waals surface area contributed by atoms with Crippen LogP contribution < -0.4 is 0 Å². The monoisotopic (exact) mass is 217 g/mol. The van der Waals surface area contributed by atoms with Gasteiger partial charge < -0.3 is 4.74 Å². The van der Waals surface area contributed by atoms with Crippen molar-refractivity contribution in [2.24, 2.45) is 4.99 Å². The smallest absolute Gasteiger partial charge is 0.331 e. The zero-order valence-corrected chi connectivity index (χ0v) is 8.99. The van der Waals surface area contributed by atoms with Gasteiger partial charge in [0.1, 0.15) is 4.38 Å². The van der Waals surface area contributed by atoms with Crippen LogP contribution >= 0.6 is 23.5 Å². The highest BCUT2D eigenvalue weighted by molar-refractivity contribution is 8.40. The molecule has 72 valence electrons. The van der Waals surface area contributed by atoms with Crippen molar-refractivity contribution in [3.05, 3.63) is 11.5 Å². The van der Waals surface area contributed by atoms with E-state index in [0.29, 0.717) is 6.61 Å². The molecule has 1 aliphatic rings. The Morgan fingerprint density at radius 3 is 3.31 bits per heavy atom. The summed E-state index contributed by atoms with van der Waals surface area (Å²) in [5.74, 6) is 0.758. The summed E-state index contributed by atoms with van der Waals surface area (Å²) in [7, 11) is 0. The van der Waals surface area contributed by atoms with Gasteiger partial charge in [-0.25, -0.2) is 4.79 Å². The fourth-order valence-corrected chi connectivity index (χ4v) is 2.41. The van der Waals surface area contributed by atoms with Crippen molar-refractivity contribution in [1.29, 1.82) is 0 Å². The van der Waals surface area contributed by atoms with Gasteiger partial charge >= 0.3 is 5.97 Å². The third-order valence-corrected chi connectivity index (χ3v) is 3.23. The Labute approximate surface area is 86.0 Å². The summed E-state index contributed by atoms with van der Waals surface area (Å²) in [6, 6.07) is 0. The molecule has 0 fully saturated rings. The summed E-state index contributed by atoms with van der Waals surface area (Å²) in [6.45, 7) is 3.10. The Morgan fingerprint density at radius 1 is 1.85 bits per heavy atom. The Kier molecular flexibility index (Phi) is 5.00. The predicted molar refractivity (Wildman–Crippen MR) is 58.1 cm³/mol. The molecule has 0 spiro atoms. The van der Waals surface area contributed by atoms with E-state index in [1.54, 1.807) is 24.1 Å². The van der Waals surface area contributed by atoms with Crippen LogP contribution in [-0.4, -0.2) is 29.2 Å². The van der Waals surface area contributed by atoms with Crippen molar-refractivity contribution in [3.63, 3.8) is 0 Å². The van der Waals surface area contributed by atoms with Crippen LogP contribution in [0.15, 0.2) is 16.5 Å². The third-order valence-electron chi connectivity index (χ3n) is 1.22. The number of carbonyl (C=O) groups excluding carboxylic acids is 1. The number of thioether (sulfide) groups is 2. The maximum Gasteiger partial charge on any atom is 0.331 e. The first kappa shape index (κ1) is 10.7. The first-order chi connectivity index (χ1) is 6.33.